The molecule has 1 aromatic carbocycles. The first-order valence-electron chi connectivity index (χ1n) is 10.6. The maximum Gasteiger partial charge on any atom is 0.322 e. The van der Waals surface area contributed by atoms with Gasteiger partial charge in [0, 0.05) is 23.7 Å². The van der Waals surface area contributed by atoms with Gasteiger partial charge in [0.1, 0.15) is 10.7 Å². The summed E-state index contributed by atoms with van der Waals surface area (Å²) in [6.07, 6.45) is 0.933. The number of hydrogen-bond acceptors (Lipinski definition) is 4. The fourth-order valence-electron chi connectivity index (χ4n) is 2.83. The highest BCUT2D eigenvalue weighted by Crippen LogP contribution is 2.19. The van der Waals surface area contributed by atoms with Crippen molar-refractivity contribution in [3.63, 3.8) is 0 Å². The van der Waals surface area contributed by atoms with Gasteiger partial charge in [-0.05, 0) is 49.8 Å². The lowest BCUT2D eigenvalue weighted by atomic mass is 10.0. The van der Waals surface area contributed by atoms with Gasteiger partial charge in [0.2, 0.25) is 0 Å². The van der Waals surface area contributed by atoms with Crippen LogP contribution in [-0.4, -0.2) is 34.4 Å². The second kappa shape index (κ2) is 11.1. The molecule has 1 heterocycles. The van der Waals surface area contributed by atoms with E-state index in [-0.39, 0.29) is 18.0 Å². The molecule has 0 radical (unpaired) electrons. The van der Waals surface area contributed by atoms with E-state index in [0.717, 1.165) is 17.1 Å². The normalized spacial score (nSPS) is 11.2. The SMILES string of the molecule is CC(C)CCNC(=O)c1csc(CN(C(=O)Nc2ccc(C(C)C)cc2)C(C)C)n1. The molecular formula is C23H34N4O2S. The van der Waals surface area contributed by atoms with Crippen molar-refractivity contribution in [1.82, 2.24) is 15.2 Å². The topological polar surface area (TPSA) is 74.3 Å². The van der Waals surface area contributed by atoms with E-state index >= 15 is 0 Å². The smallest absolute Gasteiger partial charge is 0.322 e. The number of thiazole rings is 1. The van der Waals surface area contributed by atoms with Gasteiger partial charge in [-0.15, -0.1) is 11.3 Å². The molecular weight excluding hydrogens is 396 g/mol. The maximum absolute atomic E-state index is 12.8. The number of hydrogen-bond donors (Lipinski definition) is 2. The van der Waals surface area contributed by atoms with Crippen LogP contribution < -0.4 is 10.6 Å². The quantitative estimate of drug-likeness (QED) is 0.553. The molecule has 0 aliphatic rings. The molecule has 30 heavy (non-hydrogen) atoms. The van der Waals surface area contributed by atoms with Gasteiger partial charge in [-0.2, -0.15) is 0 Å². The number of urea groups is 1. The molecule has 0 saturated heterocycles. The first-order valence-corrected chi connectivity index (χ1v) is 11.5. The molecule has 0 spiro atoms. The molecule has 0 bridgehead atoms. The number of aromatic nitrogens is 1. The number of nitrogens with one attached hydrogen (secondary N) is 2. The summed E-state index contributed by atoms with van der Waals surface area (Å²) in [5, 5.41) is 8.35. The van der Waals surface area contributed by atoms with Crippen molar-refractivity contribution in [2.45, 2.75) is 66.5 Å². The van der Waals surface area contributed by atoms with E-state index in [4.69, 9.17) is 0 Å². The molecule has 0 fully saturated rings. The predicted molar refractivity (Wildman–Crippen MR) is 124 cm³/mol. The van der Waals surface area contributed by atoms with Crippen LogP contribution in [0.5, 0.6) is 0 Å². The molecule has 6 nitrogen and oxygen atoms in total. The molecule has 3 amide bonds. The van der Waals surface area contributed by atoms with Crippen LogP contribution in [0, 0.1) is 5.92 Å². The molecule has 2 rings (SSSR count). The van der Waals surface area contributed by atoms with Gasteiger partial charge in [-0.1, -0.05) is 39.8 Å². The molecule has 7 heteroatoms. The van der Waals surface area contributed by atoms with Gasteiger partial charge in [-0.25, -0.2) is 9.78 Å². The molecule has 2 N–H and O–H groups in total. The molecule has 164 valence electrons. The zero-order chi connectivity index (χ0) is 22.3. The second-order valence-electron chi connectivity index (χ2n) is 8.49. The molecule has 1 aromatic heterocycles. The van der Waals surface area contributed by atoms with Gasteiger partial charge in [0.05, 0.1) is 6.54 Å². The second-order valence-corrected chi connectivity index (χ2v) is 9.44. The van der Waals surface area contributed by atoms with Crippen LogP contribution in [0.3, 0.4) is 0 Å². The van der Waals surface area contributed by atoms with Crippen molar-refractivity contribution in [2.24, 2.45) is 5.92 Å². The van der Waals surface area contributed by atoms with E-state index < -0.39 is 0 Å². The molecule has 0 atom stereocenters. The number of benzene rings is 1. The minimum Gasteiger partial charge on any atom is -0.351 e. The summed E-state index contributed by atoms with van der Waals surface area (Å²) in [5.41, 5.74) is 2.40. The van der Waals surface area contributed by atoms with Crippen molar-refractivity contribution in [3.05, 3.63) is 45.9 Å². The van der Waals surface area contributed by atoms with Gasteiger partial charge in [0.15, 0.2) is 0 Å². The Morgan fingerprint density at radius 1 is 1.07 bits per heavy atom. The third-order valence-corrected chi connectivity index (χ3v) is 5.64. The van der Waals surface area contributed by atoms with Crippen molar-refractivity contribution in [1.29, 1.82) is 0 Å². The summed E-state index contributed by atoms with van der Waals surface area (Å²) < 4.78 is 0. The van der Waals surface area contributed by atoms with Crippen LogP contribution in [0.1, 0.15) is 74.9 Å². The number of carbonyl (C=O) groups is 2. The third kappa shape index (κ3) is 7.13. The number of carbonyl (C=O) groups excluding carboxylic acids is 2. The Bertz CT molecular complexity index is 828. The monoisotopic (exact) mass is 430 g/mol. The van der Waals surface area contributed by atoms with Gasteiger partial charge < -0.3 is 15.5 Å². The van der Waals surface area contributed by atoms with Crippen LogP contribution in [0.15, 0.2) is 29.6 Å². The van der Waals surface area contributed by atoms with Crippen LogP contribution in [-0.2, 0) is 6.54 Å². The van der Waals surface area contributed by atoms with Crippen molar-refractivity contribution >= 4 is 29.0 Å². The van der Waals surface area contributed by atoms with Gasteiger partial charge in [-0.3, -0.25) is 4.79 Å². The summed E-state index contributed by atoms with van der Waals surface area (Å²) in [7, 11) is 0. The zero-order valence-corrected chi connectivity index (χ0v) is 19.7. The Kier molecular flexibility index (Phi) is 8.84. The van der Waals surface area contributed by atoms with E-state index in [2.05, 4.69) is 43.3 Å². The minimum atomic E-state index is -0.180. The van der Waals surface area contributed by atoms with E-state index in [1.807, 2.05) is 38.1 Å². The first-order chi connectivity index (χ1) is 14.2. The molecule has 2 aromatic rings. The van der Waals surface area contributed by atoms with Crippen LogP contribution >= 0.6 is 11.3 Å². The standard InChI is InChI=1S/C23H34N4O2S/c1-15(2)11-12-24-22(28)20-14-30-21(26-20)13-27(17(5)6)23(29)25-19-9-7-18(8-10-19)16(3)4/h7-10,14-17H,11-13H2,1-6H3,(H,24,28)(H,25,29). The Morgan fingerprint density at radius 2 is 1.73 bits per heavy atom. The van der Waals surface area contributed by atoms with Crippen molar-refractivity contribution in [3.8, 4) is 0 Å². The average molecular weight is 431 g/mol. The first kappa shape index (κ1) is 23.9. The lowest BCUT2D eigenvalue weighted by molar-refractivity contribution is 0.0947. The summed E-state index contributed by atoms with van der Waals surface area (Å²) in [5.74, 6) is 0.823. The molecule has 0 saturated carbocycles. The number of nitrogens with zero attached hydrogens (tertiary/aromatic N) is 2. The van der Waals surface area contributed by atoms with Crippen molar-refractivity contribution in [2.75, 3.05) is 11.9 Å². The number of rotatable bonds is 9. The Morgan fingerprint density at radius 3 is 2.30 bits per heavy atom. The highest BCUT2D eigenvalue weighted by molar-refractivity contribution is 7.09. The number of amides is 3. The van der Waals surface area contributed by atoms with E-state index in [9.17, 15) is 9.59 Å². The highest BCUT2D eigenvalue weighted by atomic mass is 32.1. The van der Waals surface area contributed by atoms with Crippen LogP contribution in [0.4, 0.5) is 10.5 Å². The molecule has 0 aliphatic carbocycles. The lowest BCUT2D eigenvalue weighted by Crippen LogP contribution is -2.39. The lowest BCUT2D eigenvalue weighted by Gasteiger charge is -2.26. The Hall–Kier alpha value is -2.41. The highest BCUT2D eigenvalue weighted by Gasteiger charge is 2.20. The Balaban J connectivity index is 1.99. The zero-order valence-electron chi connectivity index (χ0n) is 18.9. The van der Waals surface area contributed by atoms with E-state index in [0.29, 0.717) is 30.6 Å². The predicted octanol–water partition coefficient (Wildman–Crippen LogP) is 5.48. The summed E-state index contributed by atoms with van der Waals surface area (Å²) in [6.45, 7) is 13.5. The fraction of sp³-hybridized carbons (Fsp3) is 0.522. The molecule has 0 aliphatic heterocycles. The maximum atomic E-state index is 12.8. The third-order valence-electron chi connectivity index (χ3n) is 4.81. The summed E-state index contributed by atoms with van der Waals surface area (Å²) in [6, 6.07) is 7.73. The molecule has 0 unspecified atom stereocenters. The Labute approximate surface area is 184 Å². The van der Waals surface area contributed by atoms with Crippen LogP contribution in [0.2, 0.25) is 0 Å². The fourth-order valence-corrected chi connectivity index (χ4v) is 3.61. The van der Waals surface area contributed by atoms with E-state index in [1.54, 1.807) is 10.3 Å². The van der Waals surface area contributed by atoms with Crippen molar-refractivity contribution < 1.29 is 9.59 Å². The minimum absolute atomic E-state index is 0.00726. The van der Waals surface area contributed by atoms with Crippen LogP contribution in [0.25, 0.3) is 0 Å². The average Bonchev–Trinajstić information content (AvgIpc) is 3.14. The van der Waals surface area contributed by atoms with Gasteiger partial charge >= 0.3 is 6.03 Å². The largest absolute Gasteiger partial charge is 0.351 e. The number of anilines is 1. The van der Waals surface area contributed by atoms with E-state index in [1.165, 1.54) is 16.9 Å². The summed E-state index contributed by atoms with van der Waals surface area (Å²) in [4.78, 5) is 31.2. The summed E-state index contributed by atoms with van der Waals surface area (Å²) >= 11 is 1.40. The van der Waals surface area contributed by atoms with Gasteiger partial charge in [0.25, 0.3) is 5.91 Å².